The van der Waals surface area contributed by atoms with E-state index in [4.69, 9.17) is 0 Å². The number of rotatable bonds is 5. The molecule has 90 valence electrons. The second-order valence-corrected chi connectivity index (χ2v) is 5.00. The smallest absolute Gasteiger partial charge is 0.0202 e. The average molecular weight is 220 g/mol. The van der Waals surface area contributed by atoms with E-state index >= 15 is 0 Å². The molecule has 1 unspecified atom stereocenters. The Morgan fingerprint density at radius 2 is 2.38 bits per heavy atom. The molecule has 0 radical (unpaired) electrons. The molecule has 1 N–H and O–H groups in total. The van der Waals surface area contributed by atoms with Gasteiger partial charge in [0.15, 0.2) is 0 Å². The van der Waals surface area contributed by atoms with Crippen LogP contribution in [0.4, 0.5) is 0 Å². The largest absolute Gasteiger partial charge is 0.313 e. The highest BCUT2D eigenvalue weighted by molar-refractivity contribution is 5.23. The Morgan fingerprint density at radius 3 is 3.06 bits per heavy atom. The molecule has 1 aliphatic carbocycles. The zero-order valence-corrected chi connectivity index (χ0v) is 10.4. The molecule has 0 aromatic rings. The Hall–Kier alpha value is -0.600. The summed E-state index contributed by atoms with van der Waals surface area (Å²) in [5, 5.41) is 3.56. The van der Waals surface area contributed by atoms with E-state index in [9.17, 15) is 0 Å². The van der Waals surface area contributed by atoms with E-state index in [1.165, 1.54) is 44.2 Å². The van der Waals surface area contributed by atoms with Gasteiger partial charge in [0.1, 0.15) is 0 Å². The van der Waals surface area contributed by atoms with Crippen LogP contribution in [0.3, 0.4) is 0 Å². The number of hydrogen-bond acceptors (Lipinski definition) is 2. The van der Waals surface area contributed by atoms with Gasteiger partial charge in [0.05, 0.1) is 0 Å². The molecule has 2 aliphatic rings. The molecule has 0 aromatic carbocycles. The first-order valence-corrected chi connectivity index (χ1v) is 6.63. The van der Waals surface area contributed by atoms with Crippen LogP contribution in [0.5, 0.6) is 0 Å². The molecule has 1 atom stereocenters. The van der Waals surface area contributed by atoms with Crippen LogP contribution in [-0.4, -0.2) is 37.6 Å². The van der Waals surface area contributed by atoms with E-state index in [2.05, 4.69) is 35.5 Å². The van der Waals surface area contributed by atoms with E-state index < -0.39 is 0 Å². The van der Waals surface area contributed by atoms with Crippen molar-refractivity contribution >= 4 is 0 Å². The van der Waals surface area contributed by atoms with E-state index in [0.29, 0.717) is 0 Å². The molecular formula is C14H24N2. The summed E-state index contributed by atoms with van der Waals surface area (Å²) in [5.41, 5.74) is 1.46. The summed E-state index contributed by atoms with van der Waals surface area (Å²) >= 11 is 0. The first-order chi connectivity index (χ1) is 7.86. The van der Waals surface area contributed by atoms with Gasteiger partial charge in [0.2, 0.25) is 0 Å². The van der Waals surface area contributed by atoms with Crippen LogP contribution in [0, 0.1) is 0 Å². The highest BCUT2D eigenvalue weighted by Crippen LogP contribution is 2.17. The SMILES string of the molecule is CN1CCCC1CCNCC1=CCCC=C1. The minimum Gasteiger partial charge on any atom is -0.313 e. The van der Waals surface area contributed by atoms with Crippen molar-refractivity contribution in [1.29, 1.82) is 0 Å². The zero-order valence-electron chi connectivity index (χ0n) is 10.4. The standard InChI is InChI=1S/C14H24N2/c1-16-11-5-8-14(16)9-10-15-12-13-6-3-2-4-7-13/h3,6-7,14-15H,2,4-5,8-12H2,1H3. The monoisotopic (exact) mass is 220 g/mol. The van der Waals surface area contributed by atoms with Gasteiger partial charge < -0.3 is 10.2 Å². The molecule has 2 nitrogen and oxygen atoms in total. The Morgan fingerprint density at radius 1 is 1.44 bits per heavy atom. The fourth-order valence-electron chi connectivity index (χ4n) is 2.64. The highest BCUT2D eigenvalue weighted by Gasteiger charge is 2.19. The zero-order chi connectivity index (χ0) is 11.2. The summed E-state index contributed by atoms with van der Waals surface area (Å²) in [4.78, 5) is 2.50. The second-order valence-electron chi connectivity index (χ2n) is 5.00. The van der Waals surface area contributed by atoms with Crippen LogP contribution in [0.15, 0.2) is 23.8 Å². The van der Waals surface area contributed by atoms with Gasteiger partial charge in [0, 0.05) is 12.6 Å². The lowest BCUT2D eigenvalue weighted by molar-refractivity contribution is 0.294. The number of allylic oxidation sites excluding steroid dienone is 2. The lowest BCUT2D eigenvalue weighted by Crippen LogP contribution is -2.29. The van der Waals surface area contributed by atoms with Crippen molar-refractivity contribution in [3.05, 3.63) is 23.8 Å². The van der Waals surface area contributed by atoms with Gasteiger partial charge in [0.25, 0.3) is 0 Å². The Balaban J connectivity index is 1.58. The first-order valence-electron chi connectivity index (χ1n) is 6.63. The molecule has 0 saturated carbocycles. The van der Waals surface area contributed by atoms with Gasteiger partial charge in [-0.2, -0.15) is 0 Å². The number of nitrogens with zero attached hydrogens (tertiary/aromatic N) is 1. The van der Waals surface area contributed by atoms with Gasteiger partial charge in [-0.05, 0) is 57.8 Å². The van der Waals surface area contributed by atoms with Crippen LogP contribution in [0.1, 0.15) is 32.1 Å². The topological polar surface area (TPSA) is 15.3 Å². The number of nitrogens with one attached hydrogen (secondary N) is 1. The third kappa shape index (κ3) is 3.46. The summed E-state index contributed by atoms with van der Waals surface area (Å²) in [5.74, 6) is 0. The summed E-state index contributed by atoms with van der Waals surface area (Å²) in [6.45, 7) is 3.49. The molecule has 1 fully saturated rings. The van der Waals surface area contributed by atoms with Crippen LogP contribution in [-0.2, 0) is 0 Å². The van der Waals surface area contributed by atoms with E-state index in [0.717, 1.165) is 19.1 Å². The molecule has 0 spiro atoms. The van der Waals surface area contributed by atoms with Crippen molar-refractivity contribution < 1.29 is 0 Å². The lowest BCUT2D eigenvalue weighted by Gasteiger charge is -2.19. The van der Waals surface area contributed by atoms with Crippen LogP contribution >= 0.6 is 0 Å². The third-order valence-electron chi connectivity index (χ3n) is 3.73. The third-order valence-corrected chi connectivity index (χ3v) is 3.73. The molecule has 16 heavy (non-hydrogen) atoms. The predicted octanol–water partition coefficient (Wildman–Crippen LogP) is 2.34. The van der Waals surface area contributed by atoms with Crippen LogP contribution in [0.2, 0.25) is 0 Å². The normalized spacial score (nSPS) is 26.1. The molecule has 2 heteroatoms. The minimum absolute atomic E-state index is 0.823. The predicted molar refractivity (Wildman–Crippen MR) is 69.6 cm³/mol. The summed E-state index contributed by atoms with van der Waals surface area (Å²) in [6, 6.07) is 0.823. The average Bonchev–Trinajstić information content (AvgIpc) is 2.72. The van der Waals surface area contributed by atoms with Crippen molar-refractivity contribution in [2.24, 2.45) is 0 Å². The van der Waals surface area contributed by atoms with Crippen molar-refractivity contribution in [3.63, 3.8) is 0 Å². The summed E-state index contributed by atoms with van der Waals surface area (Å²) < 4.78 is 0. The Labute approximate surface area is 99.4 Å². The van der Waals surface area contributed by atoms with Crippen molar-refractivity contribution in [3.8, 4) is 0 Å². The van der Waals surface area contributed by atoms with Crippen LogP contribution < -0.4 is 5.32 Å². The van der Waals surface area contributed by atoms with E-state index in [1.807, 2.05) is 0 Å². The molecule has 1 aliphatic heterocycles. The molecule has 0 amide bonds. The molecular weight excluding hydrogens is 196 g/mol. The van der Waals surface area contributed by atoms with E-state index in [1.54, 1.807) is 0 Å². The van der Waals surface area contributed by atoms with Gasteiger partial charge in [-0.3, -0.25) is 0 Å². The van der Waals surface area contributed by atoms with Crippen LogP contribution in [0.25, 0.3) is 0 Å². The minimum atomic E-state index is 0.823. The van der Waals surface area contributed by atoms with Gasteiger partial charge in [-0.25, -0.2) is 0 Å². The van der Waals surface area contributed by atoms with Crippen molar-refractivity contribution in [1.82, 2.24) is 10.2 Å². The summed E-state index contributed by atoms with van der Waals surface area (Å²) in [6.07, 6.45) is 13.4. The second kappa shape index (κ2) is 6.21. The van der Waals surface area contributed by atoms with Gasteiger partial charge in [-0.1, -0.05) is 18.2 Å². The lowest BCUT2D eigenvalue weighted by atomic mass is 10.1. The maximum absolute atomic E-state index is 3.56. The van der Waals surface area contributed by atoms with Crippen molar-refractivity contribution in [2.75, 3.05) is 26.7 Å². The quantitative estimate of drug-likeness (QED) is 0.715. The highest BCUT2D eigenvalue weighted by atomic mass is 15.1. The maximum Gasteiger partial charge on any atom is 0.0202 e. The van der Waals surface area contributed by atoms with Crippen molar-refractivity contribution in [2.45, 2.75) is 38.1 Å². The molecule has 1 heterocycles. The maximum atomic E-state index is 3.56. The molecule has 2 rings (SSSR count). The van der Waals surface area contributed by atoms with E-state index in [-0.39, 0.29) is 0 Å². The molecule has 0 bridgehead atoms. The number of likely N-dealkylation sites (tertiary alicyclic amines) is 1. The van der Waals surface area contributed by atoms with Gasteiger partial charge in [-0.15, -0.1) is 0 Å². The Bertz CT molecular complexity index is 268. The summed E-state index contributed by atoms with van der Waals surface area (Å²) in [7, 11) is 2.25. The molecule has 0 aromatic heterocycles. The Kier molecular flexibility index (Phi) is 4.61. The molecule has 1 saturated heterocycles. The fraction of sp³-hybridized carbons (Fsp3) is 0.714. The first kappa shape index (κ1) is 11.9. The fourth-order valence-corrected chi connectivity index (χ4v) is 2.64. The van der Waals surface area contributed by atoms with Gasteiger partial charge >= 0.3 is 0 Å². The number of hydrogen-bond donors (Lipinski definition) is 1.